The number of benzene rings is 2. The number of ether oxygens (including phenoxy) is 2. The first kappa shape index (κ1) is 24.4. The van der Waals surface area contributed by atoms with Crippen LogP contribution in [0.2, 0.25) is 0 Å². The number of hydrogen-bond acceptors (Lipinski definition) is 6. The highest BCUT2D eigenvalue weighted by atomic mass is 32.2. The van der Waals surface area contributed by atoms with E-state index in [-0.39, 0.29) is 29.2 Å². The highest BCUT2D eigenvalue weighted by Gasteiger charge is 2.26. The monoisotopic (exact) mass is 475 g/mol. The lowest BCUT2D eigenvalue weighted by molar-refractivity contribution is -0.136. The minimum atomic E-state index is -3.80. The van der Waals surface area contributed by atoms with Gasteiger partial charge in [-0.25, -0.2) is 8.42 Å². The summed E-state index contributed by atoms with van der Waals surface area (Å²) in [4.78, 5) is 25.4. The third-order valence-corrected chi connectivity index (χ3v) is 6.85. The molecule has 0 radical (unpaired) electrons. The number of carbonyl (C=O) groups excluding carboxylic acids is 2. The normalized spacial score (nSPS) is 14.5. The van der Waals surface area contributed by atoms with Crippen LogP contribution < -0.4 is 19.9 Å². The first-order valence-corrected chi connectivity index (χ1v) is 12.2. The second-order valence-corrected chi connectivity index (χ2v) is 9.52. The summed E-state index contributed by atoms with van der Waals surface area (Å²) in [6.07, 6.45) is 1.10. The maximum absolute atomic E-state index is 12.7. The summed E-state index contributed by atoms with van der Waals surface area (Å²) in [5, 5.41) is 0. The predicted molar refractivity (Wildman–Crippen MR) is 124 cm³/mol. The van der Waals surface area contributed by atoms with Crippen molar-refractivity contribution in [3.05, 3.63) is 48.0 Å². The van der Waals surface area contributed by atoms with Gasteiger partial charge >= 0.3 is 0 Å². The fourth-order valence-electron chi connectivity index (χ4n) is 3.60. The molecule has 10 heteroatoms. The molecule has 1 heterocycles. The van der Waals surface area contributed by atoms with Crippen LogP contribution >= 0.6 is 0 Å². The van der Waals surface area contributed by atoms with Crippen LogP contribution in [0, 0.1) is 12.8 Å². The molecule has 33 heavy (non-hydrogen) atoms. The number of hydrogen-bond donors (Lipinski definition) is 2. The number of nitrogens with one attached hydrogen (secondary N) is 1. The lowest BCUT2D eigenvalue weighted by Gasteiger charge is -2.30. The lowest BCUT2D eigenvalue weighted by Crippen LogP contribution is -2.43. The van der Waals surface area contributed by atoms with Crippen molar-refractivity contribution in [2.75, 3.05) is 31.0 Å². The van der Waals surface area contributed by atoms with Crippen LogP contribution in [0.5, 0.6) is 11.5 Å². The van der Waals surface area contributed by atoms with E-state index >= 15 is 0 Å². The molecule has 0 atom stereocenters. The minimum absolute atomic E-state index is 0.0843. The van der Waals surface area contributed by atoms with Gasteiger partial charge in [0.2, 0.25) is 5.91 Å². The van der Waals surface area contributed by atoms with E-state index in [1.807, 2.05) is 6.92 Å². The Hall–Kier alpha value is -3.27. The van der Waals surface area contributed by atoms with Gasteiger partial charge in [-0.15, -0.1) is 0 Å². The number of rotatable bonds is 9. The van der Waals surface area contributed by atoms with Crippen LogP contribution in [0.3, 0.4) is 0 Å². The van der Waals surface area contributed by atoms with Gasteiger partial charge in [0.15, 0.2) is 6.61 Å². The fraction of sp³-hybridized carbons (Fsp3) is 0.391. The molecule has 3 rings (SSSR count). The van der Waals surface area contributed by atoms with Gasteiger partial charge in [-0.3, -0.25) is 14.3 Å². The van der Waals surface area contributed by atoms with E-state index in [4.69, 9.17) is 15.2 Å². The number of aryl methyl sites for hydroxylation is 1. The first-order valence-electron chi connectivity index (χ1n) is 10.8. The zero-order valence-corrected chi connectivity index (χ0v) is 19.6. The lowest BCUT2D eigenvalue weighted by atomic mass is 9.96. The summed E-state index contributed by atoms with van der Waals surface area (Å²) >= 11 is 0. The van der Waals surface area contributed by atoms with E-state index in [2.05, 4.69) is 4.72 Å². The highest BCUT2D eigenvalue weighted by Crippen LogP contribution is 2.25. The molecule has 0 saturated carbocycles. The van der Waals surface area contributed by atoms with Crippen molar-refractivity contribution in [1.29, 1.82) is 0 Å². The predicted octanol–water partition coefficient (Wildman–Crippen LogP) is 2.30. The molecule has 0 bridgehead atoms. The maximum Gasteiger partial charge on any atom is 0.261 e. The number of piperidine rings is 1. The Kier molecular flexibility index (Phi) is 7.80. The minimum Gasteiger partial charge on any atom is -0.494 e. The van der Waals surface area contributed by atoms with Crippen LogP contribution in [0.15, 0.2) is 47.4 Å². The summed E-state index contributed by atoms with van der Waals surface area (Å²) in [6, 6.07) is 11.1. The molecule has 178 valence electrons. The van der Waals surface area contributed by atoms with E-state index in [0.717, 1.165) is 0 Å². The number of anilines is 1. The van der Waals surface area contributed by atoms with Gasteiger partial charge in [0.05, 0.1) is 11.5 Å². The maximum atomic E-state index is 12.7. The van der Waals surface area contributed by atoms with Crippen molar-refractivity contribution in [2.45, 2.75) is 31.6 Å². The SMILES string of the molecule is CCOc1ccc(NS(=O)(=O)c2ccc(OCC(=O)N3CCC(C(N)=O)CC3)c(C)c2)cc1. The van der Waals surface area contributed by atoms with Crippen molar-refractivity contribution in [3.63, 3.8) is 0 Å². The molecular weight excluding hydrogens is 446 g/mol. The third-order valence-electron chi connectivity index (χ3n) is 5.48. The van der Waals surface area contributed by atoms with Crippen molar-refractivity contribution in [3.8, 4) is 11.5 Å². The summed E-state index contributed by atoms with van der Waals surface area (Å²) < 4.78 is 39.0. The van der Waals surface area contributed by atoms with Crippen LogP contribution in [0.1, 0.15) is 25.3 Å². The highest BCUT2D eigenvalue weighted by molar-refractivity contribution is 7.92. The molecule has 9 nitrogen and oxygen atoms in total. The molecule has 1 aliphatic rings. The smallest absolute Gasteiger partial charge is 0.261 e. The Bertz CT molecular complexity index is 1090. The molecule has 0 aromatic heterocycles. The number of sulfonamides is 1. The van der Waals surface area contributed by atoms with Gasteiger partial charge < -0.3 is 20.1 Å². The third kappa shape index (κ3) is 6.38. The summed E-state index contributed by atoms with van der Waals surface area (Å²) in [5.41, 5.74) is 6.33. The van der Waals surface area contributed by atoms with E-state index in [9.17, 15) is 18.0 Å². The molecule has 1 aliphatic heterocycles. The topological polar surface area (TPSA) is 128 Å². The zero-order valence-electron chi connectivity index (χ0n) is 18.7. The summed E-state index contributed by atoms with van der Waals surface area (Å²) in [6.45, 7) is 4.87. The standard InChI is InChI=1S/C23H29N3O6S/c1-3-31-19-6-4-18(5-7-19)25-33(29,30)20-8-9-21(16(2)14-20)32-15-22(27)26-12-10-17(11-13-26)23(24)28/h4-9,14,17,25H,3,10-13,15H2,1-2H3,(H2,24,28). The molecule has 0 aliphatic carbocycles. The van der Waals surface area contributed by atoms with E-state index in [1.165, 1.54) is 18.2 Å². The second kappa shape index (κ2) is 10.6. The number of amides is 2. The van der Waals surface area contributed by atoms with Gasteiger partial charge in [-0.2, -0.15) is 0 Å². The molecule has 3 N–H and O–H groups in total. The quantitative estimate of drug-likeness (QED) is 0.573. The fourth-order valence-corrected chi connectivity index (χ4v) is 4.74. The summed E-state index contributed by atoms with van der Waals surface area (Å²) in [7, 11) is -3.80. The largest absolute Gasteiger partial charge is 0.494 e. The molecular formula is C23H29N3O6S. The Morgan fingerprint density at radius 2 is 1.76 bits per heavy atom. The zero-order chi connectivity index (χ0) is 24.0. The molecule has 2 aromatic rings. The van der Waals surface area contributed by atoms with Crippen molar-refractivity contribution in [2.24, 2.45) is 11.7 Å². The van der Waals surface area contributed by atoms with Gasteiger partial charge in [-0.05, 0) is 74.7 Å². The van der Waals surface area contributed by atoms with Gasteiger partial charge in [0.1, 0.15) is 11.5 Å². The van der Waals surface area contributed by atoms with Crippen LogP contribution in [0.4, 0.5) is 5.69 Å². The Labute approximate surface area is 193 Å². The second-order valence-electron chi connectivity index (χ2n) is 7.84. The van der Waals surface area contributed by atoms with E-state index in [1.54, 1.807) is 36.1 Å². The van der Waals surface area contributed by atoms with Crippen LogP contribution in [-0.2, 0) is 19.6 Å². The van der Waals surface area contributed by atoms with E-state index < -0.39 is 10.0 Å². The van der Waals surface area contributed by atoms with E-state index in [0.29, 0.717) is 55.3 Å². The number of primary amides is 1. The Balaban J connectivity index is 1.58. The average Bonchev–Trinajstić information content (AvgIpc) is 2.79. The molecule has 0 spiro atoms. The van der Waals surface area contributed by atoms with Gasteiger partial charge in [0.25, 0.3) is 15.9 Å². The number of nitrogens with two attached hydrogens (primary N) is 1. The van der Waals surface area contributed by atoms with Gasteiger partial charge in [-0.1, -0.05) is 0 Å². The van der Waals surface area contributed by atoms with Crippen LogP contribution in [0.25, 0.3) is 0 Å². The number of carbonyl (C=O) groups is 2. The number of likely N-dealkylation sites (tertiary alicyclic amines) is 1. The number of nitrogens with zero attached hydrogens (tertiary/aromatic N) is 1. The molecule has 2 aromatic carbocycles. The molecule has 2 amide bonds. The molecule has 0 unspecified atom stereocenters. The van der Waals surface area contributed by atoms with Crippen molar-refractivity contribution >= 4 is 27.5 Å². The Morgan fingerprint density at radius 1 is 1.09 bits per heavy atom. The summed E-state index contributed by atoms with van der Waals surface area (Å²) in [5.74, 6) is 0.370. The average molecular weight is 476 g/mol. The molecule has 1 fully saturated rings. The van der Waals surface area contributed by atoms with Crippen molar-refractivity contribution in [1.82, 2.24) is 4.90 Å². The van der Waals surface area contributed by atoms with Crippen molar-refractivity contribution < 1.29 is 27.5 Å². The van der Waals surface area contributed by atoms with Crippen LogP contribution in [-0.4, -0.2) is 51.4 Å². The Morgan fingerprint density at radius 3 is 2.33 bits per heavy atom. The molecule has 1 saturated heterocycles. The van der Waals surface area contributed by atoms with Gasteiger partial charge in [0, 0.05) is 24.7 Å². The first-order chi connectivity index (χ1) is 15.7.